The van der Waals surface area contributed by atoms with Crippen LogP contribution in [0.1, 0.15) is 31.9 Å². The van der Waals surface area contributed by atoms with Crippen molar-refractivity contribution in [1.29, 1.82) is 0 Å². The summed E-state index contributed by atoms with van der Waals surface area (Å²) in [7, 11) is 1.98. The highest BCUT2D eigenvalue weighted by Gasteiger charge is 2.42. The van der Waals surface area contributed by atoms with Gasteiger partial charge in [-0.25, -0.2) is 4.98 Å². The zero-order chi connectivity index (χ0) is 18.9. The number of likely N-dealkylation sites (N-methyl/N-ethyl adjacent to an activating group) is 1. The van der Waals surface area contributed by atoms with Crippen molar-refractivity contribution in [1.82, 2.24) is 4.98 Å². The van der Waals surface area contributed by atoms with E-state index in [9.17, 15) is 13.2 Å². The summed E-state index contributed by atoms with van der Waals surface area (Å²) in [6.45, 7) is 6.25. The van der Waals surface area contributed by atoms with Crippen molar-refractivity contribution in [2.24, 2.45) is 0 Å². The molecule has 6 heteroatoms. The summed E-state index contributed by atoms with van der Waals surface area (Å²) in [4.78, 5) is 7.42. The predicted molar refractivity (Wildman–Crippen MR) is 101 cm³/mol. The number of halogens is 3. The molecule has 2 aromatic heterocycles. The maximum absolute atomic E-state index is 13.8. The van der Waals surface area contributed by atoms with Gasteiger partial charge in [0.1, 0.15) is 0 Å². The molecule has 3 heterocycles. The summed E-state index contributed by atoms with van der Waals surface area (Å²) >= 11 is 1.39. The predicted octanol–water partition coefficient (Wildman–Crippen LogP) is 6.10. The monoisotopic (exact) mass is 376 g/mol. The van der Waals surface area contributed by atoms with Crippen LogP contribution in [0.5, 0.6) is 0 Å². The molecule has 1 aliphatic rings. The first kappa shape index (κ1) is 17.3. The van der Waals surface area contributed by atoms with Crippen LogP contribution in [0.3, 0.4) is 0 Å². The average molecular weight is 376 g/mol. The second-order valence-corrected chi connectivity index (χ2v) is 8.37. The molecule has 0 fully saturated rings. The molecule has 0 saturated heterocycles. The molecule has 1 unspecified atom stereocenters. The first-order valence-corrected chi connectivity index (χ1v) is 9.32. The molecule has 3 aromatic rings. The molecule has 0 N–H and O–H groups in total. The van der Waals surface area contributed by atoms with Gasteiger partial charge in [0.05, 0.1) is 21.7 Å². The third-order valence-corrected chi connectivity index (χ3v) is 6.60. The van der Waals surface area contributed by atoms with Crippen LogP contribution in [0.25, 0.3) is 21.5 Å². The summed E-state index contributed by atoms with van der Waals surface area (Å²) in [5.41, 5.74) is 1.81. The Balaban J connectivity index is 2.06. The van der Waals surface area contributed by atoms with E-state index in [1.54, 1.807) is 12.1 Å². The quantitative estimate of drug-likeness (QED) is 0.510. The number of thiophene rings is 1. The molecule has 1 atom stereocenters. The Morgan fingerprint density at radius 2 is 1.92 bits per heavy atom. The van der Waals surface area contributed by atoms with Gasteiger partial charge in [-0.2, -0.15) is 13.2 Å². The van der Waals surface area contributed by atoms with Crippen LogP contribution in [0.2, 0.25) is 0 Å². The summed E-state index contributed by atoms with van der Waals surface area (Å²) in [6.07, 6.45) is -4.43. The van der Waals surface area contributed by atoms with E-state index in [-0.39, 0.29) is 16.8 Å². The van der Waals surface area contributed by atoms with Gasteiger partial charge in [0.15, 0.2) is 0 Å². The fourth-order valence-corrected chi connectivity index (χ4v) is 4.46. The van der Waals surface area contributed by atoms with Crippen LogP contribution in [0, 0.1) is 0 Å². The number of benzene rings is 1. The zero-order valence-electron chi connectivity index (χ0n) is 15.0. The van der Waals surface area contributed by atoms with E-state index in [4.69, 9.17) is 0 Å². The Hall–Kier alpha value is -2.08. The lowest BCUT2D eigenvalue weighted by atomic mass is 9.80. The number of nitrogens with zero attached hydrogens (tertiary/aromatic N) is 2. The van der Waals surface area contributed by atoms with Crippen molar-refractivity contribution in [2.75, 3.05) is 11.9 Å². The third-order valence-electron chi connectivity index (χ3n) is 5.70. The van der Waals surface area contributed by atoms with Gasteiger partial charge < -0.3 is 4.90 Å². The third kappa shape index (κ3) is 2.42. The summed E-state index contributed by atoms with van der Waals surface area (Å²) in [6, 6.07) is 8.49. The number of aromatic nitrogens is 1. The number of fused-ring (bicyclic) bond motifs is 2. The van der Waals surface area contributed by atoms with E-state index in [0.717, 1.165) is 16.1 Å². The van der Waals surface area contributed by atoms with Crippen molar-refractivity contribution in [3.8, 4) is 10.6 Å². The van der Waals surface area contributed by atoms with E-state index >= 15 is 0 Å². The van der Waals surface area contributed by atoms with Crippen molar-refractivity contribution in [3.63, 3.8) is 0 Å². The van der Waals surface area contributed by atoms with Crippen LogP contribution in [-0.2, 0) is 11.6 Å². The number of anilines is 1. The van der Waals surface area contributed by atoms with Gasteiger partial charge in [0, 0.05) is 29.6 Å². The Labute approximate surface area is 154 Å². The number of rotatable bonds is 1. The largest absolute Gasteiger partial charge is 0.417 e. The first-order chi connectivity index (χ1) is 12.1. The average Bonchev–Trinajstić information content (AvgIpc) is 3.16. The van der Waals surface area contributed by atoms with Gasteiger partial charge >= 0.3 is 6.18 Å². The normalized spacial score (nSPS) is 19.2. The fraction of sp³-hybridized carbons (Fsp3) is 0.350. The number of hydrogen-bond acceptors (Lipinski definition) is 3. The standard InChI is InChI=1S/C20H19F3N2S/c1-11-19(2,3)14-8-12-13(20(21,22)23)9-16(18-6-5-7-26-18)24-15(12)10-17(14)25(11)4/h5-11H,1-4H3. The van der Waals surface area contributed by atoms with E-state index in [0.29, 0.717) is 11.2 Å². The SMILES string of the molecule is CC1N(C)c2cc3nc(-c4cccs4)cc(C(F)(F)F)c3cc2C1(C)C. The van der Waals surface area contributed by atoms with Gasteiger partial charge in [-0.15, -0.1) is 11.3 Å². The second kappa shape index (κ2) is 5.46. The molecular formula is C20H19F3N2S. The maximum Gasteiger partial charge on any atom is 0.417 e. The Bertz CT molecular complexity index is 990. The van der Waals surface area contributed by atoms with Gasteiger partial charge in [0.2, 0.25) is 0 Å². The second-order valence-electron chi connectivity index (χ2n) is 7.43. The van der Waals surface area contributed by atoms with Gasteiger partial charge in [0.25, 0.3) is 0 Å². The summed E-state index contributed by atoms with van der Waals surface area (Å²) in [5.74, 6) is 0. The molecular weight excluding hydrogens is 357 g/mol. The minimum atomic E-state index is -4.43. The van der Waals surface area contributed by atoms with Crippen LogP contribution < -0.4 is 4.90 Å². The van der Waals surface area contributed by atoms with Gasteiger partial charge in [-0.3, -0.25) is 0 Å². The van der Waals surface area contributed by atoms with Crippen LogP contribution in [0.4, 0.5) is 18.9 Å². The fourth-order valence-electron chi connectivity index (χ4n) is 3.77. The number of hydrogen-bond donors (Lipinski definition) is 0. The minimum absolute atomic E-state index is 0.173. The Morgan fingerprint density at radius 3 is 2.54 bits per heavy atom. The van der Waals surface area contributed by atoms with Crippen LogP contribution >= 0.6 is 11.3 Å². The Morgan fingerprint density at radius 1 is 1.19 bits per heavy atom. The molecule has 4 rings (SSSR count). The molecule has 0 saturated carbocycles. The van der Waals surface area contributed by atoms with E-state index in [1.807, 2.05) is 24.6 Å². The topological polar surface area (TPSA) is 16.1 Å². The summed E-state index contributed by atoms with van der Waals surface area (Å²) in [5, 5.41) is 2.02. The maximum atomic E-state index is 13.8. The molecule has 136 valence electrons. The molecule has 0 bridgehead atoms. The molecule has 0 spiro atoms. The summed E-state index contributed by atoms with van der Waals surface area (Å²) < 4.78 is 41.4. The Kier molecular flexibility index (Phi) is 3.64. The lowest BCUT2D eigenvalue weighted by Crippen LogP contribution is -2.36. The zero-order valence-corrected chi connectivity index (χ0v) is 15.8. The smallest absolute Gasteiger partial charge is 0.371 e. The minimum Gasteiger partial charge on any atom is -0.371 e. The molecule has 26 heavy (non-hydrogen) atoms. The molecule has 0 radical (unpaired) electrons. The van der Waals surface area contributed by atoms with E-state index < -0.39 is 11.7 Å². The van der Waals surface area contributed by atoms with Crippen LogP contribution in [-0.4, -0.2) is 18.1 Å². The number of pyridine rings is 1. The molecule has 1 aromatic carbocycles. The van der Waals surface area contributed by atoms with Gasteiger partial charge in [-0.1, -0.05) is 19.9 Å². The van der Waals surface area contributed by atoms with Crippen molar-refractivity contribution >= 4 is 27.9 Å². The lowest BCUT2D eigenvalue weighted by Gasteiger charge is -2.28. The van der Waals surface area contributed by atoms with Crippen molar-refractivity contribution in [2.45, 2.75) is 38.4 Å². The highest BCUT2D eigenvalue weighted by atomic mass is 32.1. The molecule has 0 aliphatic carbocycles. The number of alkyl halides is 3. The van der Waals surface area contributed by atoms with Crippen molar-refractivity contribution in [3.05, 3.63) is 46.8 Å². The van der Waals surface area contributed by atoms with Gasteiger partial charge in [-0.05, 0) is 42.1 Å². The lowest BCUT2D eigenvalue weighted by molar-refractivity contribution is -0.136. The molecule has 1 aliphatic heterocycles. The molecule has 2 nitrogen and oxygen atoms in total. The van der Waals surface area contributed by atoms with E-state index in [1.165, 1.54) is 17.4 Å². The highest BCUT2D eigenvalue weighted by molar-refractivity contribution is 7.13. The van der Waals surface area contributed by atoms with Crippen LogP contribution in [0.15, 0.2) is 35.7 Å². The highest BCUT2D eigenvalue weighted by Crippen LogP contribution is 2.47. The molecule has 0 amide bonds. The van der Waals surface area contributed by atoms with Crippen molar-refractivity contribution < 1.29 is 13.2 Å². The first-order valence-electron chi connectivity index (χ1n) is 8.44. The van der Waals surface area contributed by atoms with E-state index in [2.05, 4.69) is 30.7 Å².